The van der Waals surface area contributed by atoms with E-state index in [-0.39, 0.29) is 33.6 Å². The molecule has 4 nitrogen and oxygen atoms in total. The van der Waals surface area contributed by atoms with Gasteiger partial charge in [0.2, 0.25) is 0 Å². The van der Waals surface area contributed by atoms with Crippen LogP contribution in [0.1, 0.15) is 66.2 Å². The van der Waals surface area contributed by atoms with Gasteiger partial charge in [0.15, 0.2) is 0 Å². The molecule has 2 aliphatic rings. The van der Waals surface area contributed by atoms with Crippen molar-refractivity contribution in [3.05, 3.63) is 23.8 Å². The third kappa shape index (κ3) is 6.41. The van der Waals surface area contributed by atoms with Gasteiger partial charge in [-0.05, 0) is 64.9 Å². The van der Waals surface area contributed by atoms with Gasteiger partial charge in [-0.1, -0.05) is 63.4 Å². The Balaban J connectivity index is 2.32. The number of hydrogen-bond acceptors (Lipinski definition) is 4. The van der Waals surface area contributed by atoms with Crippen LogP contribution in [0.2, 0.25) is 0 Å². The van der Waals surface area contributed by atoms with Gasteiger partial charge in [0.05, 0.1) is 17.8 Å². The molecule has 2 rings (SSSR count). The van der Waals surface area contributed by atoms with Crippen molar-refractivity contribution in [3.63, 3.8) is 0 Å². The molecule has 28 heavy (non-hydrogen) atoms. The summed E-state index contributed by atoms with van der Waals surface area (Å²) in [6, 6.07) is 0. The highest BCUT2D eigenvalue weighted by atomic mass is 127. The Morgan fingerprint density at radius 1 is 1.32 bits per heavy atom. The highest BCUT2D eigenvalue weighted by molar-refractivity contribution is 14.1. The van der Waals surface area contributed by atoms with Crippen molar-refractivity contribution in [2.75, 3.05) is 6.61 Å². The first-order valence-electron chi connectivity index (χ1n) is 10.1. The topological polar surface area (TPSA) is 55.8 Å². The Morgan fingerprint density at radius 2 is 2.00 bits per heavy atom. The van der Waals surface area contributed by atoms with Gasteiger partial charge in [0.1, 0.15) is 6.61 Å². The second-order valence-electron chi connectivity index (χ2n) is 8.83. The quantitative estimate of drug-likeness (QED) is 0.196. The summed E-state index contributed by atoms with van der Waals surface area (Å²) < 4.78 is 12.3. The van der Waals surface area contributed by atoms with Gasteiger partial charge in [-0.2, -0.15) is 0 Å². The summed E-state index contributed by atoms with van der Waals surface area (Å²) in [5.74, 6) is -0.305. The molecule has 6 heteroatoms. The molecule has 160 valence electrons. The van der Waals surface area contributed by atoms with E-state index < -0.39 is 6.10 Å². The van der Waals surface area contributed by atoms with Crippen LogP contribution in [0.3, 0.4) is 0 Å². The number of aliphatic hydroxyl groups is 1. The summed E-state index contributed by atoms with van der Waals surface area (Å²) in [5, 5.41) is 10.9. The van der Waals surface area contributed by atoms with Crippen LogP contribution in [0, 0.1) is 5.92 Å². The SMILES string of the molecule is C=C(C)[C@H]1CC[C@@](C)(I)[C@H]2CC[C@@](C)(O2)[C@@H](I)CCC(COC(C)=O)=C[C@@H]1O. The Kier molecular flexibility index (Phi) is 8.87. The normalized spacial score (nSPS) is 39.9. The van der Waals surface area contributed by atoms with Gasteiger partial charge in [0, 0.05) is 20.2 Å². The first kappa shape index (κ1) is 24.6. The molecule has 0 aromatic carbocycles. The number of carbonyl (C=O) groups excluding carboxylic acids is 1. The van der Waals surface area contributed by atoms with Gasteiger partial charge >= 0.3 is 5.97 Å². The highest BCUT2D eigenvalue weighted by Gasteiger charge is 2.47. The van der Waals surface area contributed by atoms with E-state index in [2.05, 4.69) is 65.6 Å². The summed E-state index contributed by atoms with van der Waals surface area (Å²) in [6.07, 6.45) is 7.19. The third-order valence-electron chi connectivity index (χ3n) is 6.22. The molecule has 0 aliphatic carbocycles. The maximum atomic E-state index is 11.3. The van der Waals surface area contributed by atoms with Gasteiger partial charge in [-0.15, -0.1) is 0 Å². The van der Waals surface area contributed by atoms with E-state index in [1.165, 1.54) is 6.92 Å². The van der Waals surface area contributed by atoms with Crippen molar-refractivity contribution in [1.82, 2.24) is 0 Å². The Bertz CT molecular complexity index is 616. The molecule has 0 spiro atoms. The number of fused-ring (bicyclic) bond motifs is 2. The van der Waals surface area contributed by atoms with Crippen molar-refractivity contribution in [1.29, 1.82) is 0 Å². The average molecular weight is 616 g/mol. The summed E-state index contributed by atoms with van der Waals surface area (Å²) >= 11 is 5.06. The van der Waals surface area contributed by atoms with Crippen LogP contribution in [0.15, 0.2) is 23.8 Å². The molecule has 0 unspecified atom stereocenters. The zero-order valence-electron chi connectivity index (χ0n) is 17.5. The maximum absolute atomic E-state index is 11.3. The van der Waals surface area contributed by atoms with Crippen molar-refractivity contribution in [3.8, 4) is 0 Å². The molecular formula is C22H34I2O4. The van der Waals surface area contributed by atoms with Gasteiger partial charge < -0.3 is 14.6 Å². The number of carbonyl (C=O) groups is 1. The zero-order valence-corrected chi connectivity index (χ0v) is 21.8. The lowest BCUT2D eigenvalue weighted by atomic mass is 9.84. The molecule has 6 atom stereocenters. The number of halogens is 2. The van der Waals surface area contributed by atoms with Gasteiger partial charge in [-0.3, -0.25) is 4.79 Å². The fourth-order valence-corrected chi connectivity index (χ4v) is 5.71. The monoisotopic (exact) mass is 616 g/mol. The first-order valence-corrected chi connectivity index (χ1v) is 12.4. The van der Waals surface area contributed by atoms with Crippen LogP contribution in [-0.4, -0.2) is 42.8 Å². The van der Waals surface area contributed by atoms with Crippen LogP contribution < -0.4 is 0 Å². The smallest absolute Gasteiger partial charge is 0.302 e. The Morgan fingerprint density at radius 3 is 2.61 bits per heavy atom. The third-order valence-corrected chi connectivity index (χ3v) is 9.40. The van der Waals surface area contributed by atoms with E-state index in [0.717, 1.165) is 49.7 Å². The lowest BCUT2D eigenvalue weighted by Crippen LogP contribution is -2.40. The van der Waals surface area contributed by atoms with E-state index in [1.54, 1.807) is 0 Å². The van der Waals surface area contributed by atoms with Crippen LogP contribution in [0.4, 0.5) is 0 Å². The molecule has 2 bridgehead atoms. The molecule has 1 saturated heterocycles. The first-order chi connectivity index (χ1) is 12.9. The van der Waals surface area contributed by atoms with Crippen LogP contribution in [-0.2, 0) is 14.3 Å². The summed E-state index contributed by atoms with van der Waals surface area (Å²) in [4.78, 5) is 11.3. The number of hydrogen-bond donors (Lipinski definition) is 1. The number of rotatable bonds is 3. The minimum absolute atomic E-state index is 0.00893. The fourth-order valence-electron chi connectivity index (χ4n) is 4.20. The summed E-state index contributed by atoms with van der Waals surface area (Å²) in [7, 11) is 0. The van der Waals surface area contributed by atoms with E-state index >= 15 is 0 Å². The second-order valence-corrected chi connectivity index (χ2v) is 12.8. The molecule has 0 amide bonds. The summed E-state index contributed by atoms with van der Waals surface area (Å²) in [5.41, 5.74) is 1.83. The predicted molar refractivity (Wildman–Crippen MR) is 130 cm³/mol. The maximum Gasteiger partial charge on any atom is 0.302 e. The lowest BCUT2D eigenvalue weighted by molar-refractivity contribution is -0.140. The van der Waals surface area contributed by atoms with E-state index in [4.69, 9.17) is 9.47 Å². The van der Waals surface area contributed by atoms with Crippen molar-refractivity contribution in [2.24, 2.45) is 5.92 Å². The zero-order chi connectivity index (χ0) is 21.1. The fraction of sp³-hybridized carbons (Fsp3) is 0.773. The molecular weight excluding hydrogens is 582 g/mol. The van der Waals surface area contributed by atoms with E-state index in [1.807, 2.05) is 13.0 Å². The average Bonchev–Trinajstić information content (AvgIpc) is 3.00. The van der Waals surface area contributed by atoms with Crippen molar-refractivity contribution < 1.29 is 19.4 Å². The number of aliphatic hydroxyl groups excluding tert-OH is 1. The van der Waals surface area contributed by atoms with E-state index in [0.29, 0.717) is 3.92 Å². The van der Waals surface area contributed by atoms with Crippen molar-refractivity contribution in [2.45, 2.75) is 91.4 Å². The minimum atomic E-state index is -0.614. The van der Waals surface area contributed by atoms with Gasteiger partial charge in [0.25, 0.3) is 0 Å². The molecule has 1 N–H and O–H groups in total. The number of esters is 1. The molecule has 1 fully saturated rings. The van der Waals surface area contributed by atoms with Crippen molar-refractivity contribution >= 4 is 51.2 Å². The highest BCUT2D eigenvalue weighted by Crippen LogP contribution is 2.46. The molecule has 0 aromatic heterocycles. The standard InChI is InChI=1S/C22H34I2O4/c1-14(2)17-8-10-21(4,24)20-9-11-22(5,28-20)19(23)7-6-16(12-18(17)26)13-27-15(3)25/h12,17-20,26H,1,6-11,13H2,2-5H3/t17-,18+,19+,20-,21-,22-/m1/s1. The predicted octanol–water partition coefficient (Wildman–Crippen LogP) is 5.54. The lowest BCUT2D eigenvalue weighted by Gasteiger charge is -2.35. The second kappa shape index (κ2) is 10.1. The number of ether oxygens (including phenoxy) is 2. The molecule has 0 radical (unpaired) electrons. The molecule has 0 aromatic rings. The van der Waals surface area contributed by atoms with Crippen LogP contribution in [0.5, 0.6) is 0 Å². The molecule has 2 heterocycles. The molecule has 0 saturated carbocycles. The largest absolute Gasteiger partial charge is 0.461 e. The Hall–Kier alpha value is 0.330. The van der Waals surface area contributed by atoms with Gasteiger partial charge in [-0.25, -0.2) is 0 Å². The van der Waals surface area contributed by atoms with Crippen LogP contribution in [0.25, 0.3) is 0 Å². The minimum Gasteiger partial charge on any atom is -0.461 e. The Labute approximate surface area is 197 Å². The molecule has 2 aliphatic heterocycles. The van der Waals surface area contributed by atoms with Crippen LogP contribution >= 0.6 is 45.2 Å². The summed E-state index contributed by atoms with van der Waals surface area (Å²) in [6.45, 7) is 12.3. The number of alkyl halides is 2. The van der Waals surface area contributed by atoms with E-state index in [9.17, 15) is 9.90 Å².